The highest BCUT2D eigenvalue weighted by molar-refractivity contribution is 5.81. The van der Waals surface area contributed by atoms with Crippen molar-refractivity contribution in [3.63, 3.8) is 0 Å². The number of allylic oxidation sites excluding steroid dienone is 2. The zero-order valence-electron chi connectivity index (χ0n) is 6.85. The number of nitrogens with one attached hydrogen (secondary N) is 3. The van der Waals surface area contributed by atoms with Gasteiger partial charge in [-0.1, -0.05) is 0 Å². The summed E-state index contributed by atoms with van der Waals surface area (Å²) in [6.07, 6.45) is 3.90. The van der Waals surface area contributed by atoms with Gasteiger partial charge in [0.25, 0.3) is 0 Å². The van der Waals surface area contributed by atoms with Crippen molar-refractivity contribution in [3.8, 4) is 0 Å². The predicted molar refractivity (Wildman–Crippen MR) is 44.9 cm³/mol. The average Bonchev–Trinajstić information content (AvgIpc) is 2.07. The molecule has 0 aromatic carbocycles. The highest BCUT2D eigenvalue weighted by atomic mass is 16.2. The van der Waals surface area contributed by atoms with Crippen LogP contribution in [-0.2, 0) is 4.79 Å². The van der Waals surface area contributed by atoms with Gasteiger partial charge in [-0.3, -0.25) is 10.1 Å². The molecule has 64 valence electrons. The van der Waals surface area contributed by atoms with Crippen LogP contribution >= 0.6 is 0 Å². The summed E-state index contributed by atoms with van der Waals surface area (Å²) in [6, 6.07) is 0. The van der Waals surface area contributed by atoms with Crippen LogP contribution in [0.1, 0.15) is 6.92 Å². The van der Waals surface area contributed by atoms with Crippen molar-refractivity contribution in [3.05, 3.63) is 23.5 Å². The largest absolute Gasteiger partial charge is 0.371 e. The van der Waals surface area contributed by atoms with Gasteiger partial charge in [0.15, 0.2) is 0 Å². The van der Waals surface area contributed by atoms with Crippen molar-refractivity contribution < 1.29 is 4.79 Å². The molecule has 4 nitrogen and oxygen atoms in total. The SMILES string of the molecule is CC1=C2NC(=O)CNC2NC=C1. The summed E-state index contributed by atoms with van der Waals surface area (Å²) >= 11 is 0. The lowest BCUT2D eigenvalue weighted by atomic mass is 10.1. The predicted octanol–water partition coefficient (Wildman–Crippen LogP) is -0.577. The lowest BCUT2D eigenvalue weighted by Crippen LogP contribution is -2.56. The third kappa shape index (κ3) is 1.10. The molecule has 12 heavy (non-hydrogen) atoms. The van der Waals surface area contributed by atoms with Crippen LogP contribution in [0.15, 0.2) is 23.5 Å². The summed E-state index contributed by atoms with van der Waals surface area (Å²) in [5.74, 6) is 0.0256. The van der Waals surface area contributed by atoms with Crippen LogP contribution in [0.4, 0.5) is 0 Å². The first-order valence-corrected chi connectivity index (χ1v) is 3.94. The number of hydrogen-bond donors (Lipinski definition) is 3. The van der Waals surface area contributed by atoms with E-state index < -0.39 is 0 Å². The van der Waals surface area contributed by atoms with E-state index in [1.165, 1.54) is 0 Å². The molecule has 0 aromatic rings. The minimum atomic E-state index is 0.0256. The Kier molecular flexibility index (Phi) is 1.62. The molecule has 3 N–H and O–H groups in total. The molecule has 0 saturated carbocycles. The number of hydrogen-bond acceptors (Lipinski definition) is 3. The second-order valence-electron chi connectivity index (χ2n) is 2.96. The molecule has 1 unspecified atom stereocenters. The molecule has 1 saturated heterocycles. The van der Waals surface area contributed by atoms with E-state index in [0.29, 0.717) is 6.54 Å². The Balaban J connectivity index is 2.28. The van der Waals surface area contributed by atoms with Crippen molar-refractivity contribution >= 4 is 5.91 Å². The maximum Gasteiger partial charge on any atom is 0.238 e. The number of rotatable bonds is 0. The van der Waals surface area contributed by atoms with Crippen LogP contribution in [0.3, 0.4) is 0 Å². The smallest absolute Gasteiger partial charge is 0.238 e. The monoisotopic (exact) mass is 165 g/mol. The Bertz CT molecular complexity index is 280. The molecule has 0 bridgehead atoms. The normalized spacial score (nSPS) is 27.8. The van der Waals surface area contributed by atoms with Gasteiger partial charge < -0.3 is 10.6 Å². The molecule has 1 fully saturated rings. The number of carbonyl (C=O) groups is 1. The fourth-order valence-electron chi connectivity index (χ4n) is 1.39. The molecular weight excluding hydrogens is 154 g/mol. The van der Waals surface area contributed by atoms with Crippen LogP contribution in [0.5, 0.6) is 0 Å². The minimum Gasteiger partial charge on any atom is -0.371 e. The Morgan fingerprint density at radius 1 is 1.58 bits per heavy atom. The molecule has 2 aliphatic rings. The van der Waals surface area contributed by atoms with E-state index in [1.807, 2.05) is 19.2 Å². The van der Waals surface area contributed by atoms with Crippen molar-refractivity contribution in [2.24, 2.45) is 0 Å². The fourth-order valence-corrected chi connectivity index (χ4v) is 1.39. The van der Waals surface area contributed by atoms with Gasteiger partial charge in [0.2, 0.25) is 5.91 Å². The third-order valence-electron chi connectivity index (χ3n) is 2.05. The lowest BCUT2D eigenvalue weighted by molar-refractivity contribution is -0.120. The molecule has 0 aromatic heterocycles. The summed E-state index contributed by atoms with van der Waals surface area (Å²) in [7, 11) is 0. The van der Waals surface area contributed by atoms with E-state index in [1.54, 1.807) is 0 Å². The molecule has 0 radical (unpaired) electrons. The number of piperazine rings is 1. The first kappa shape index (κ1) is 7.36. The topological polar surface area (TPSA) is 53.2 Å². The maximum absolute atomic E-state index is 11.0. The molecule has 2 rings (SSSR count). The molecule has 2 heterocycles. The number of dihydropyridines is 1. The van der Waals surface area contributed by atoms with E-state index in [0.717, 1.165) is 11.3 Å². The zero-order chi connectivity index (χ0) is 8.55. The zero-order valence-corrected chi connectivity index (χ0v) is 6.85. The van der Waals surface area contributed by atoms with Crippen molar-refractivity contribution in [1.82, 2.24) is 16.0 Å². The number of amides is 1. The molecular formula is C8H11N3O. The van der Waals surface area contributed by atoms with Crippen LogP contribution in [-0.4, -0.2) is 18.6 Å². The van der Waals surface area contributed by atoms with Gasteiger partial charge in [0.1, 0.15) is 6.17 Å². The Hall–Kier alpha value is -1.29. The van der Waals surface area contributed by atoms with Gasteiger partial charge in [-0.25, -0.2) is 0 Å². The van der Waals surface area contributed by atoms with Gasteiger partial charge in [0, 0.05) is 0 Å². The maximum atomic E-state index is 11.0. The van der Waals surface area contributed by atoms with Crippen LogP contribution in [0.25, 0.3) is 0 Å². The summed E-state index contributed by atoms with van der Waals surface area (Å²) in [4.78, 5) is 11.0. The van der Waals surface area contributed by atoms with Crippen molar-refractivity contribution in [1.29, 1.82) is 0 Å². The summed E-state index contributed by atoms with van der Waals surface area (Å²) in [5.41, 5.74) is 2.04. The number of carbonyl (C=O) groups excluding carboxylic acids is 1. The quantitative estimate of drug-likeness (QED) is 0.450. The molecule has 1 amide bonds. The van der Waals surface area contributed by atoms with Crippen LogP contribution < -0.4 is 16.0 Å². The van der Waals surface area contributed by atoms with Crippen molar-refractivity contribution in [2.75, 3.05) is 6.54 Å². The minimum absolute atomic E-state index is 0.0256. The molecule has 1 atom stereocenters. The van der Waals surface area contributed by atoms with E-state index in [2.05, 4.69) is 16.0 Å². The van der Waals surface area contributed by atoms with Crippen LogP contribution in [0.2, 0.25) is 0 Å². The molecule has 0 aliphatic carbocycles. The Morgan fingerprint density at radius 3 is 3.25 bits per heavy atom. The fraction of sp³-hybridized carbons (Fsp3) is 0.375. The van der Waals surface area contributed by atoms with E-state index in [-0.39, 0.29) is 12.1 Å². The second kappa shape index (κ2) is 2.64. The lowest BCUT2D eigenvalue weighted by Gasteiger charge is -2.30. The Morgan fingerprint density at radius 2 is 2.42 bits per heavy atom. The standard InChI is InChI=1S/C8H11N3O/c1-5-2-3-9-8-7(5)11-6(12)4-10-8/h2-3,8-10H,4H2,1H3,(H,11,12). The number of fused-ring (bicyclic) bond motifs is 1. The summed E-state index contributed by atoms with van der Waals surface area (Å²) < 4.78 is 0. The van der Waals surface area contributed by atoms with Crippen molar-refractivity contribution in [2.45, 2.75) is 13.1 Å². The second-order valence-corrected chi connectivity index (χ2v) is 2.96. The van der Waals surface area contributed by atoms with E-state index in [9.17, 15) is 4.79 Å². The van der Waals surface area contributed by atoms with Crippen LogP contribution in [0, 0.1) is 0 Å². The first-order chi connectivity index (χ1) is 5.77. The van der Waals surface area contributed by atoms with Gasteiger partial charge in [-0.2, -0.15) is 0 Å². The average molecular weight is 165 g/mol. The van der Waals surface area contributed by atoms with E-state index in [4.69, 9.17) is 0 Å². The van der Waals surface area contributed by atoms with Gasteiger partial charge in [0.05, 0.1) is 12.2 Å². The van der Waals surface area contributed by atoms with Gasteiger partial charge in [-0.05, 0) is 24.8 Å². The third-order valence-corrected chi connectivity index (χ3v) is 2.05. The Labute approximate surface area is 70.7 Å². The molecule has 4 heteroatoms. The van der Waals surface area contributed by atoms with Gasteiger partial charge in [-0.15, -0.1) is 0 Å². The summed E-state index contributed by atoms with van der Waals surface area (Å²) in [6.45, 7) is 2.36. The van der Waals surface area contributed by atoms with E-state index >= 15 is 0 Å². The highest BCUT2D eigenvalue weighted by Gasteiger charge is 2.24. The summed E-state index contributed by atoms with van der Waals surface area (Å²) in [5, 5.41) is 9.01. The highest BCUT2D eigenvalue weighted by Crippen LogP contribution is 2.12. The molecule has 0 spiro atoms. The van der Waals surface area contributed by atoms with Gasteiger partial charge >= 0.3 is 0 Å². The first-order valence-electron chi connectivity index (χ1n) is 3.94. The molecule has 2 aliphatic heterocycles.